The summed E-state index contributed by atoms with van der Waals surface area (Å²) < 4.78 is 5.38. The first-order valence-electron chi connectivity index (χ1n) is 18.7. The number of aryl methyl sites for hydroxylation is 1. The van der Waals surface area contributed by atoms with Crippen LogP contribution in [-0.4, -0.2) is 77.0 Å². The summed E-state index contributed by atoms with van der Waals surface area (Å²) in [4.78, 5) is 25.5. The molecule has 1 saturated carbocycles. The number of piperidine rings is 1. The maximum absolute atomic E-state index is 13.6. The second-order valence-electron chi connectivity index (χ2n) is 14.9. The molecule has 0 amide bonds. The number of allylic oxidation sites excluding steroid dienone is 2. The lowest BCUT2D eigenvalue weighted by atomic mass is 9.71. The van der Waals surface area contributed by atoms with Crippen LogP contribution < -0.4 is 21.1 Å². The third-order valence-electron chi connectivity index (χ3n) is 11.5. The van der Waals surface area contributed by atoms with Crippen molar-refractivity contribution in [2.24, 2.45) is 29.4 Å². The summed E-state index contributed by atoms with van der Waals surface area (Å²) in [6.07, 6.45) is 11.4. The molecule has 0 bridgehead atoms. The van der Waals surface area contributed by atoms with Gasteiger partial charge in [-0.25, -0.2) is 0 Å². The molecule has 8 unspecified atom stereocenters. The quantitative estimate of drug-likeness (QED) is 0.134. The number of fused-ring (bicyclic) bond motifs is 2. The number of carbonyl (C=O) groups is 2. The molecule has 8 atom stereocenters. The molecular formula is C40H57N3O7. The fourth-order valence-corrected chi connectivity index (χ4v) is 8.51. The van der Waals surface area contributed by atoms with Crippen LogP contribution in [-0.2, 0) is 16.0 Å². The largest absolute Gasteiger partial charge is 0.504 e. The number of aliphatic hydroxyl groups excluding tert-OH is 3. The van der Waals surface area contributed by atoms with Gasteiger partial charge in [-0.05, 0) is 123 Å². The first-order valence-corrected chi connectivity index (χ1v) is 18.7. The number of phenols is 1. The Morgan fingerprint density at radius 2 is 1.90 bits per heavy atom. The van der Waals surface area contributed by atoms with Crippen molar-refractivity contribution in [2.45, 2.75) is 114 Å². The SMILES string of the molecule is COc1cc2c(cc1O)C(CCC(O)CCC1=CCNC(N)=C1)C#CC(C(O)CCCC(CCO)C1CNC3CC(=O)CCC3C1)C(=O)CC2. The Balaban J connectivity index is 1.23. The van der Waals surface area contributed by atoms with Crippen LogP contribution in [0.5, 0.6) is 11.5 Å². The number of carbonyl (C=O) groups excluding carboxylic acids is 2. The predicted molar refractivity (Wildman–Crippen MR) is 192 cm³/mol. The van der Waals surface area contributed by atoms with E-state index in [1.165, 1.54) is 7.11 Å². The summed E-state index contributed by atoms with van der Waals surface area (Å²) in [6.45, 7) is 1.63. The van der Waals surface area contributed by atoms with E-state index >= 15 is 0 Å². The average Bonchev–Trinajstić information content (AvgIpc) is 3.16. The van der Waals surface area contributed by atoms with Gasteiger partial charge in [0.1, 0.15) is 11.7 Å². The lowest BCUT2D eigenvalue weighted by Gasteiger charge is -2.42. The zero-order chi connectivity index (χ0) is 35.6. The van der Waals surface area contributed by atoms with Crippen molar-refractivity contribution in [1.82, 2.24) is 10.6 Å². The number of hydrogen-bond acceptors (Lipinski definition) is 10. The Bertz CT molecular complexity index is 1460. The van der Waals surface area contributed by atoms with Gasteiger partial charge >= 0.3 is 0 Å². The van der Waals surface area contributed by atoms with Crippen molar-refractivity contribution in [1.29, 1.82) is 0 Å². The molecule has 0 radical (unpaired) electrons. The van der Waals surface area contributed by atoms with E-state index in [0.29, 0.717) is 106 Å². The number of rotatable bonds is 15. The second kappa shape index (κ2) is 18.2. The van der Waals surface area contributed by atoms with E-state index in [-0.39, 0.29) is 36.5 Å². The molecule has 5 rings (SSSR count). The summed E-state index contributed by atoms with van der Waals surface area (Å²) in [5, 5.41) is 49.6. The number of hydrogen-bond donors (Lipinski definition) is 7. The minimum Gasteiger partial charge on any atom is -0.504 e. The van der Waals surface area contributed by atoms with Gasteiger partial charge < -0.3 is 41.5 Å². The minimum absolute atomic E-state index is 0.000994. The summed E-state index contributed by atoms with van der Waals surface area (Å²) in [7, 11) is 1.49. The Morgan fingerprint density at radius 3 is 2.68 bits per heavy atom. The molecule has 2 heterocycles. The zero-order valence-electron chi connectivity index (χ0n) is 29.5. The number of ether oxygens (including phenoxy) is 1. The molecule has 8 N–H and O–H groups in total. The van der Waals surface area contributed by atoms with Crippen molar-refractivity contribution in [2.75, 3.05) is 26.8 Å². The summed E-state index contributed by atoms with van der Waals surface area (Å²) in [5.41, 5.74) is 8.68. The van der Waals surface area contributed by atoms with Gasteiger partial charge in [0.25, 0.3) is 0 Å². The Morgan fingerprint density at radius 1 is 1.06 bits per heavy atom. The number of ketones is 2. The van der Waals surface area contributed by atoms with E-state index in [1.807, 2.05) is 6.08 Å². The molecule has 1 aromatic rings. The van der Waals surface area contributed by atoms with Crippen LogP contribution in [0.25, 0.3) is 0 Å². The van der Waals surface area contributed by atoms with E-state index in [0.717, 1.165) is 42.5 Å². The number of nitrogens with one attached hydrogen (secondary N) is 2. The third kappa shape index (κ3) is 10.1. The van der Waals surface area contributed by atoms with E-state index in [4.69, 9.17) is 10.5 Å². The number of Topliss-reactive ketones (excluding diaryl/α,β-unsaturated/α-hetero) is 2. The maximum atomic E-state index is 13.6. The van der Waals surface area contributed by atoms with Crippen LogP contribution >= 0.6 is 0 Å². The van der Waals surface area contributed by atoms with Gasteiger partial charge in [-0.15, -0.1) is 0 Å². The van der Waals surface area contributed by atoms with E-state index in [9.17, 15) is 30.0 Å². The van der Waals surface area contributed by atoms with Crippen LogP contribution in [0.2, 0.25) is 0 Å². The predicted octanol–water partition coefficient (Wildman–Crippen LogP) is 3.75. The summed E-state index contributed by atoms with van der Waals surface area (Å²) in [5.74, 6) is 7.69. The zero-order valence-corrected chi connectivity index (χ0v) is 29.5. The number of dihydropyridines is 1. The van der Waals surface area contributed by atoms with E-state index < -0.39 is 18.1 Å². The van der Waals surface area contributed by atoms with Crippen molar-refractivity contribution < 1.29 is 34.8 Å². The number of aromatic hydroxyl groups is 1. The molecule has 2 aliphatic carbocycles. The lowest BCUT2D eigenvalue weighted by Crippen LogP contribution is -2.50. The molecule has 1 saturated heterocycles. The maximum Gasteiger partial charge on any atom is 0.160 e. The highest BCUT2D eigenvalue weighted by molar-refractivity contribution is 5.85. The Hall–Kier alpha value is -3.36. The second-order valence-corrected chi connectivity index (χ2v) is 14.9. The number of benzene rings is 1. The standard InChI is InChI=1S/C40H57N3O7/c1-50-39-21-28-9-14-37(48)33(36(47)4-2-3-26(16-18-44)30-20-29-7-12-32(46)22-35(29)43-24-30)13-8-27(34(28)23-38(39)49)6-11-31(45)10-5-25-15-17-42-40(41)19-25/h15,19,21,23,26-27,29-31,33,35-36,42-45,47,49H,2-7,9-12,14,16-18,20,22,24,41H2,1H3. The van der Waals surface area contributed by atoms with Crippen LogP contribution in [0.4, 0.5) is 0 Å². The van der Waals surface area contributed by atoms with Crippen molar-refractivity contribution in [3.05, 3.63) is 46.8 Å². The Labute approximate surface area is 296 Å². The fraction of sp³-hybridized carbons (Fsp3) is 0.650. The van der Waals surface area contributed by atoms with Gasteiger partial charge in [-0.2, -0.15) is 0 Å². The van der Waals surface area contributed by atoms with Gasteiger partial charge in [0.15, 0.2) is 17.3 Å². The van der Waals surface area contributed by atoms with Crippen LogP contribution in [0.1, 0.15) is 101 Å². The van der Waals surface area contributed by atoms with Crippen LogP contribution in [0, 0.1) is 35.5 Å². The van der Waals surface area contributed by atoms with Crippen LogP contribution in [0.3, 0.4) is 0 Å². The number of methoxy groups -OCH3 is 1. The summed E-state index contributed by atoms with van der Waals surface area (Å²) >= 11 is 0. The normalized spacial score (nSPS) is 27.0. The molecule has 10 heteroatoms. The van der Waals surface area contributed by atoms with E-state index in [1.54, 1.807) is 12.1 Å². The van der Waals surface area contributed by atoms with Gasteiger partial charge in [0.2, 0.25) is 0 Å². The van der Waals surface area contributed by atoms with Crippen LogP contribution in [0.15, 0.2) is 35.7 Å². The minimum atomic E-state index is -0.919. The molecule has 274 valence electrons. The highest BCUT2D eigenvalue weighted by Gasteiger charge is 2.37. The summed E-state index contributed by atoms with van der Waals surface area (Å²) in [6, 6.07) is 3.72. The molecule has 2 fully saturated rings. The first-order chi connectivity index (χ1) is 24.1. The highest BCUT2D eigenvalue weighted by atomic mass is 16.5. The monoisotopic (exact) mass is 691 g/mol. The Kier molecular flexibility index (Phi) is 13.8. The van der Waals surface area contributed by atoms with Gasteiger partial charge in [-0.3, -0.25) is 9.59 Å². The van der Waals surface area contributed by atoms with Gasteiger partial charge in [-0.1, -0.05) is 24.3 Å². The van der Waals surface area contributed by atoms with E-state index in [2.05, 4.69) is 28.6 Å². The molecular weight excluding hydrogens is 634 g/mol. The topological polar surface area (TPSA) is 174 Å². The molecule has 4 aliphatic rings. The first kappa shape index (κ1) is 37.9. The third-order valence-corrected chi connectivity index (χ3v) is 11.5. The molecule has 0 aromatic heterocycles. The van der Waals surface area contributed by atoms with Crippen molar-refractivity contribution >= 4 is 11.6 Å². The van der Waals surface area contributed by atoms with Gasteiger partial charge in [0, 0.05) is 44.4 Å². The molecule has 10 nitrogen and oxygen atoms in total. The number of phenolic OH excluding ortho intramolecular Hbond substituents is 1. The number of aliphatic hydroxyl groups is 3. The molecule has 1 aromatic carbocycles. The lowest BCUT2D eigenvalue weighted by molar-refractivity contribution is -0.124. The number of nitrogens with two attached hydrogens (primary N) is 1. The van der Waals surface area contributed by atoms with Gasteiger partial charge in [0.05, 0.1) is 25.1 Å². The highest BCUT2D eigenvalue weighted by Crippen LogP contribution is 2.38. The molecule has 0 spiro atoms. The van der Waals surface area contributed by atoms with Crippen molar-refractivity contribution in [3.63, 3.8) is 0 Å². The fourth-order valence-electron chi connectivity index (χ4n) is 8.51. The molecule has 50 heavy (non-hydrogen) atoms. The average molecular weight is 692 g/mol. The van der Waals surface area contributed by atoms with Crippen molar-refractivity contribution in [3.8, 4) is 23.3 Å². The molecule has 2 aliphatic heterocycles. The smallest absolute Gasteiger partial charge is 0.160 e.